The second kappa shape index (κ2) is 9.32. The highest BCUT2D eigenvalue weighted by Gasteiger charge is 2.21. The van der Waals surface area contributed by atoms with Gasteiger partial charge in [0.2, 0.25) is 5.91 Å². The maximum Gasteiger partial charge on any atom is 0.222 e. The molecule has 0 atom stereocenters. The minimum atomic E-state index is 0.0910. The lowest BCUT2D eigenvalue weighted by molar-refractivity contribution is -0.123. The molecule has 0 saturated heterocycles. The first-order chi connectivity index (χ1) is 9.11. The zero-order valence-corrected chi connectivity index (χ0v) is 12.7. The summed E-state index contributed by atoms with van der Waals surface area (Å²) < 4.78 is 5.80. The maximum absolute atomic E-state index is 11.5. The van der Waals surface area contributed by atoms with E-state index in [9.17, 15) is 4.79 Å². The van der Waals surface area contributed by atoms with Crippen molar-refractivity contribution in [2.45, 2.75) is 77.5 Å². The topological polar surface area (TPSA) is 50.4 Å². The van der Waals surface area contributed by atoms with Gasteiger partial charge in [-0.15, -0.1) is 0 Å². The van der Waals surface area contributed by atoms with Crippen LogP contribution < -0.4 is 10.6 Å². The molecule has 1 aliphatic rings. The lowest BCUT2D eigenvalue weighted by atomic mass is 9.93. The molecule has 2 N–H and O–H groups in total. The first-order valence-corrected chi connectivity index (χ1v) is 7.76. The molecule has 0 aliphatic heterocycles. The molecule has 1 rings (SSSR count). The summed E-state index contributed by atoms with van der Waals surface area (Å²) in [5.41, 5.74) is 0. The molecule has 19 heavy (non-hydrogen) atoms. The Balaban J connectivity index is 2.04. The van der Waals surface area contributed by atoms with Gasteiger partial charge < -0.3 is 15.4 Å². The summed E-state index contributed by atoms with van der Waals surface area (Å²) in [5, 5.41) is 6.45. The van der Waals surface area contributed by atoms with Crippen LogP contribution in [0.5, 0.6) is 0 Å². The quantitative estimate of drug-likeness (QED) is 0.711. The monoisotopic (exact) mass is 270 g/mol. The number of hydrogen-bond acceptors (Lipinski definition) is 3. The van der Waals surface area contributed by atoms with Gasteiger partial charge in [0.05, 0.1) is 12.7 Å². The molecule has 0 radical (unpaired) electrons. The third-order valence-corrected chi connectivity index (χ3v) is 3.49. The van der Waals surface area contributed by atoms with Crippen molar-refractivity contribution >= 4 is 5.91 Å². The number of carbonyl (C=O) groups is 1. The number of ether oxygens (including phenoxy) is 1. The predicted molar refractivity (Wildman–Crippen MR) is 78.2 cm³/mol. The van der Waals surface area contributed by atoms with Crippen molar-refractivity contribution in [3.63, 3.8) is 0 Å². The van der Waals surface area contributed by atoms with E-state index < -0.39 is 0 Å². The molecule has 0 aromatic heterocycles. The summed E-state index contributed by atoms with van der Waals surface area (Å²) in [4.78, 5) is 11.5. The van der Waals surface area contributed by atoms with Crippen molar-refractivity contribution in [1.82, 2.24) is 10.6 Å². The van der Waals surface area contributed by atoms with E-state index in [1.54, 1.807) is 0 Å². The SMILES string of the molecule is CCCNC1CCC(OCCC(=O)NC(C)C)CC1. The van der Waals surface area contributed by atoms with Crippen LogP contribution in [0.3, 0.4) is 0 Å². The van der Waals surface area contributed by atoms with E-state index >= 15 is 0 Å². The van der Waals surface area contributed by atoms with Crippen molar-refractivity contribution in [3.05, 3.63) is 0 Å². The number of nitrogens with one attached hydrogen (secondary N) is 2. The summed E-state index contributed by atoms with van der Waals surface area (Å²) in [6.45, 7) is 7.82. The van der Waals surface area contributed by atoms with Crippen LogP contribution in [-0.4, -0.2) is 37.2 Å². The van der Waals surface area contributed by atoms with Crippen molar-refractivity contribution in [2.75, 3.05) is 13.2 Å². The van der Waals surface area contributed by atoms with E-state index in [2.05, 4.69) is 17.6 Å². The average Bonchev–Trinajstić information content (AvgIpc) is 2.37. The van der Waals surface area contributed by atoms with Crippen LogP contribution in [0.2, 0.25) is 0 Å². The summed E-state index contributed by atoms with van der Waals surface area (Å²) in [5.74, 6) is 0.0910. The lowest BCUT2D eigenvalue weighted by Crippen LogP contribution is -2.36. The van der Waals surface area contributed by atoms with Crippen molar-refractivity contribution in [2.24, 2.45) is 0 Å². The summed E-state index contributed by atoms with van der Waals surface area (Å²) in [6.07, 6.45) is 6.66. The highest BCUT2D eigenvalue weighted by Crippen LogP contribution is 2.21. The van der Waals surface area contributed by atoms with Crippen LogP contribution in [0.1, 0.15) is 59.3 Å². The Morgan fingerprint density at radius 1 is 1.26 bits per heavy atom. The molecule has 0 heterocycles. The first-order valence-electron chi connectivity index (χ1n) is 7.76. The van der Waals surface area contributed by atoms with Gasteiger partial charge in [0, 0.05) is 18.5 Å². The Hall–Kier alpha value is -0.610. The smallest absolute Gasteiger partial charge is 0.222 e. The summed E-state index contributed by atoms with van der Waals surface area (Å²) in [6, 6.07) is 0.886. The van der Waals surface area contributed by atoms with Gasteiger partial charge >= 0.3 is 0 Å². The van der Waals surface area contributed by atoms with Crippen LogP contribution >= 0.6 is 0 Å². The molecule has 1 fully saturated rings. The molecule has 0 aromatic carbocycles. The molecule has 112 valence electrons. The molecule has 4 heteroatoms. The van der Waals surface area contributed by atoms with Crippen LogP contribution in [0.15, 0.2) is 0 Å². The molecule has 4 nitrogen and oxygen atoms in total. The Bertz CT molecular complexity index is 249. The second-order valence-corrected chi connectivity index (χ2v) is 5.77. The van der Waals surface area contributed by atoms with Crippen LogP contribution in [0, 0.1) is 0 Å². The van der Waals surface area contributed by atoms with Crippen LogP contribution in [-0.2, 0) is 9.53 Å². The van der Waals surface area contributed by atoms with E-state index in [1.807, 2.05) is 13.8 Å². The summed E-state index contributed by atoms with van der Waals surface area (Å²) in [7, 11) is 0. The second-order valence-electron chi connectivity index (χ2n) is 5.77. The minimum absolute atomic E-state index is 0.0910. The molecule has 0 spiro atoms. The van der Waals surface area contributed by atoms with Gasteiger partial charge in [-0.05, 0) is 52.5 Å². The Morgan fingerprint density at radius 3 is 2.53 bits per heavy atom. The van der Waals surface area contributed by atoms with Gasteiger partial charge in [0.1, 0.15) is 0 Å². The van der Waals surface area contributed by atoms with Crippen molar-refractivity contribution < 1.29 is 9.53 Å². The van der Waals surface area contributed by atoms with E-state index in [-0.39, 0.29) is 11.9 Å². The standard InChI is InChI=1S/C15H30N2O2/c1-4-10-16-13-5-7-14(8-6-13)19-11-9-15(18)17-12(2)3/h12-14,16H,4-11H2,1-3H3,(H,17,18). The average molecular weight is 270 g/mol. The fourth-order valence-electron chi connectivity index (χ4n) is 2.49. The normalized spacial score (nSPS) is 23.6. The molecule has 1 saturated carbocycles. The minimum Gasteiger partial charge on any atom is -0.378 e. The van der Waals surface area contributed by atoms with Gasteiger partial charge in [-0.1, -0.05) is 6.92 Å². The Morgan fingerprint density at radius 2 is 1.95 bits per heavy atom. The molecular formula is C15H30N2O2. The van der Waals surface area contributed by atoms with E-state index in [0.29, 0.717) is 25.2 Å². The third-order valence-electron chi connectivity index (χ3n) is 3.49. The number of carbonyl (C=O) groups excluding carboxylic acids is 1. The van der Waals surface area contributed by atoms with E-state index in [4.69, 9.17) is 4.74 Å². The predicted octanol–water partition coefficient (Wildman–Crippen LogP) is 2.23. The van der Waals surface area contributed by atoms with Gasteiger partial charge in [-0.3, -0.25) is 4.79 Å². The molecule has 1 aliphatic carbocycles. The molecule has 0 unspecified atom stereocenters. The van der Waals surface area contributed by atoms with Gasteiger partial charge in [0.15, 0.2) is 0 Å². The number of hydrogen-bond donors (Lipinski definition) is 2. The Kier molecular flexibility index (Phi) is 8.07. The van der Waals surface area contributed by atoms with Crippen molar-refractivity contribution in [3.8, 4) is 0 Å². The number of amides is 1. The highest BCUT2D eigenvalue weighted by atomic mass is 16.5. The maximum atomic E-state index is 11.5. The largest absolute Gasteiger partial charge is 0.378 e. The highest BCUT2D eigenvalue weighted by molar-refractivity contribution is 5.76. The number of rotatable bonds is 8. The van der Waals surface area contributed by atoms with E-state index in [1.165, 1.54) is 19.3 Å². The van der Waals surface area contributed by atoms with Crippen molar-refractivity contribution in [1.29, 1.82) is 0 Å². The Labute approximate surface area is 117 Å². The summed E-state index contributed by atoms with van der Waals surface area (Å²) >= 11 is 0. The van der Waals surface area contributed by atoms with Gasteiger partial charge in [0.25, 0.3) is 0 Å². The lowest BCUT2D eigenvalue weighted by Gasteiger charge is -2.29. The fourth-order valence-corrected chi connectivity index (χ4v) is 2.49. The van der Waals surface area contributed by atoms with E-state index in [0.717, 1.165) is 19.4 Å². The zero-order valence-electron chi connectivity index (χ0n) is 12.7. The van der Waals surface area contributed by atoms with Gasteiger partial charge in [-0.25, -0.2) is 0 Å². The van der Waals surface area contributed by atoms with Crippen LogP contribution in [0.4, 0.5) is 0 Å². The molecular weight excluding hydrogens is 240 g/mol. The fraction of sp³-hybridized carbons (Fsp3) is 0.933. The van der Waals surface area contributed by atoms with Gasteiger partial charge in [-0.2, -0.15) is 0 Å². The third kappa shape index (κ3) is 7.53. The molecule has 0 bridgehead atoms. The zero-order chi connectivity index (χ0) is 14.1. The molecule has 1 amide bonds. The first kappa shape index (κ1) is 16.4. The molecule has 0 aromatic rings. The van der Waals surface area contributed by atoms with Crippen LogP contribution in [0.25, 0.3) is 0 Å².